The molecule has 0 aliphatic carbocycles. The van der Waals surface area contributed by atoms with Crippen molar-refractivity contribution in [2.45, 2.75) is 17.7 Å². The van der Waals surface area contributed by atoms with Crippen molar-refractivity contribution < 1.29 is 22.5 Å². The van der Waals surface area contributed by atoms with Crippen molar-refractivity contribution >= 4 is 44.9 Å². The summed E-state index contributed by atoms with van der Waals surface area (Å²) >= 11 is 11.9. The van der Waals surface area contributed by atoms with Crippen LogP contribution in [0.3, 0.4) is 0 Å². The first-order valence-electron chi connectivity index (χ1n) is 7.73. The first-order chi connectivity index (χ1) is 12.2. The lowest BCUT2D eigenvalue weighted by Crippen LogP contribution is -2.31. The molecule has 0 saturated carbocycles. The smallest absolute Gasteiger partial charge is 0.294 e. The minimum absolute atomic E-state index is 0.164. The first kappa shape index (κ1) is 19.0. The molecule has 2 aromatic rings. The predicted molar refractivity (Wildman–Crippen MR) is 98.7 cm³/mol. The maximum Gasteiger partial charge on any atom is 0.294 e. The Hall–Kier alpha value is -1.80. The van der Waals surface area contributed by atoms with Gasteiger partial charge in [0, 0.05) is 16.6 Å². The Morgan fingerprint density at radius 1 is 1.19 bits per heavy atom. The maximum atomic E-state index is 12.2. The first-order valence-corrected chi connectivity index (χ1v) is 9.93. The Balaban J connectivity index is 1.67. The molecule has 1 amide bonds. The predicted octanol–water partition coefficient (Wildman–Crippen LogP) is 3.82. The largest absolute Gasteiger partial charge is 0.492 e. The SMILES string of the molecule is O=C1Nc2ccc(S(=O)(=O)O)cc2CC1CCOc1ccc(Cl)cc1Cl. The van der Waals surface area contributed by atoms with Crippen LogP contribution >= 0.6 is 23.2 Å². The summed E-state index contributed by atoms with van der Waals surface area (Å²) in [6.07, 6.45) is 0.766. The summed E-state index contributed by atoms with van der Waals surface area (Å²) in [5.74, 6) is -0.0746. The molecule has 0 saturated heterocycles. The van der Waals surface area contributed by atoms with Gasteiger partial charge in [0.2, 0.25) is 5.91 Å². The summed E-state index contributed by atoms with van der Waals surface area (Å²) < 4.78 is 37.3. The highest BCUT2D eigenvalue weighted by Crippen LogP contribution is 2.31. The molecule has 26 heavy (non-hydrogen) atoms. The second kappa shape index (κ2) is 7.44. The van der Waals surface area contributed by atoms with Gasteiger partial charge in [-0.1, -0.05) is 23.2 Å². The van der Waals surface area contributed by atoms with E-state index in [4.69, 9.17) is 32.5 Å². The highest BCUT2D eigenvalue weighted by atomic mass is 35.5. The Bertz CT molecular complexity index is 962. The van der Waals surface area contributed by atoms with E-state index >= 15 is 0 Å². The number of carbonyl (C=O) groups excluding carboxylic acids is 1. The van der Waals surface area contributed by atoms with Gasteiger partial charge in [-0.25, -0.2) is 0 Å². The van der Waals surface area contributed by atoms with E-state index in [1.807, 2.05) is 0 Å². The molecular weight excluding hydrogens is 401 g/mol. The van der Waals surface area contributed by atoms with Gasteiger partial charge in [0.05, 0.1) is 16.5 Å². The summed E-state index contributed by atoms with van der Waals surface area (Å²) in [7, 11) is -4.29. The van der Waals surface area contributed by atoms with Crippen molar-refractivity contribution in [2.75, 3.05) is 11.9 Å². The summed E-state index contributed by atoms with van der Waals surface area (Å²) in [6.45, 7) is 0.257. The molecule has 0 spiro atoms. The van der Waals surface area contributed by atoms with Crippen LogP contribution in [0.15, 0.2) is 41.3 Å². The van der Waals surface area contributed by atoms with Gasteiger partial charge in [0.1, 0.15) is 5.75 Å². The molecule has 138 valence electrons. The van der Waals surface area contributed by atoms with E-state index in [9.17, 15) is 13.2 Å². The quantitative estimate of drug-likeness (QED) is 0.723. The molecule has 0 aromatic heterocycles. The Morgan fingerprint density at radius 3 is 2.65 bits per heavy atom. The number of benzene rings is 2. The van der Waals surface area contributed by atoms with Gasteiger partial charge in [-0.15, -0.1) is 0 Å². The molecule has 1 unspecified atom stereocenters. The molecule has 2 N–H and O–H groups in total. The van der Waals surface area contributed by atoms with Gasteiger partial charge < -0.3 is 10.1 Å². The van der Waals surface area contributed by atoms with Crippen LogP contribution in [-0.4, -0.2) is 25.5 Å². The summed E-state index contributed by atoms with van der Waals surface area (Å²) in [4.78, 5) is 12.0. The number of hydrogen-bond acceptors (Lipinski definition) is 4. The van der Waals surface area contributed by atoms with Gasteiger partial charge >= 0.3 is 0 Å². The second-order valence-electron chi connectivity index (χ2n) is 5.90. The van der Waals surface area contributed by atoms with Gasteiger partial charge in [-0.3, -0.25) is 9.35 Å². The lowest BCUT2D eigenvalue weighted by molar-refractivity contribution is -0.120. The average molecular weight is 416 g/mol. The minimum atomic E-state index is -4.29. The van der Waals surface area contributed by atoms with Crippen LogP contribution in [0.25, 0.3) is 0 Å². The zero-order chi connectivity index (χ0) is 18.9. The fourth-order valence-electron chi connectivity index (χ4n) is 2.75. The summed E-state index contributed by atoms with van der Waals surface area (Å²) in [6, 6.07) is 8.96. The normalized spacial score (nSPS) is 16.7. The van der Waals surface area contributed by atoms with Gasteiger partial charge in [-0.05, 0) is 54.8 Å². The standard InChI is InChI=1S/C17H15Cl2NO5S/c18-12-1-4-16(14(19)9-12)25-6-5-10-7-11-8-13(26(22,23)24)2-3-15(11)20-17(10)21/h1-4,8-10H,5-7H2,(H,20,21)(H,22,23,24). The van der Waals surface area contributed by atoms with Gasteiger partial charge in [-0.2, -0.15) is 8.42 Å². The van der Waals surface area contributed by atoms with Crippen LogP contribution in [0, 0.1) is 5.92 Å². The fourth-order valence-corrected chi connectivity index (χ4v) is 3.75. The van der Waals surface area contributed by atoms with Crippen LogP contribution in [0.2, 0.25) is 10.0 Å². The maximum absolute atomic E-state index is 12.2. The molecule has 0 fully saturated rings. The molecular formula is C17H15Cl2NO5S. The second-order valence-corrected chi connectivity index (χ2v) is 8.16. The number of halogens is 2. The van der Waals surface area contributed by atoms with E-state index < -0.39 is 10.1 Å². The summed E-state index contributed by atoms with van der Waals surface area (Å²) in [5.41, 5.74) is 1.19. The van der Waals surface area contributed by atoms with Crippen LogP contribution < -0.4 is 10.1 Å². The monoisotopic (exact) mass is 415 g/mol. The van der Waals surface area contributed by atoms with Crippen molar-refractivity contribution in [1.29, 1.82) is 0 Å². The molecule has 1 aliphatic rings. The molecule has 9 heteroatoms. The fraction of sp³-hybridized carbons (Fsp3) is 0.235. The molecule has 2 aromatic carbocycles. The summed E-state index contributed by atoms with van der Waals surface area (Å²) in [5, 5.41) is 3.63. The number of fused-ring (bicyclic) bond motifs is 1. The third-order valence-corrected chi connectivity index (χ3v) is 5.47. The van der Waals surface area contributed by atoms with E-state index in [1.165, 1.54) is 18.2 Å². The molecule has 0 radical (unpaired) electrons. The van der Waals surface area contributed by atoms with Crippen molar-refractivity contribution in [3.63, 3.8) is 0 Å². The number of nitrogens with one attached hydrogen (secondary N) is 1. The van der Waals surface area contributed by atoms with Crippen molar-refractivity contribution in [2.24, 2.45) is 5.92 Å². The van der Waals surface area contributed by atoms with Crippen molar-refractivity contribution in [3.05, 3.63) is 52.0 Å². The number of ether oxygens (including phenoxy) is 1. The van der Waals surface area contributed by atoms with Gasteiger partial charge in [0.15, 0.2) is 0 Å². The number of rotatable bonds is 5. The lowest BCUT2D eigenvalue weighted by atomic mass is 9.91. The van der Waals surface area contributed by atoms with E-state index in [0.717, 1.165) is 0 Å². The zero-order valence-corrected chi connectivity index (χ0v) is 15.7. The third kappa shape index (κ3) is 4.29. The van der Waals surface area contributed by atoms with Crippen LogP contribution in [0.1, 0.15) is 12.0 Å². The molecule has 1 atom stereocenters. The van der Waals surface area contributed by atoms with E-state index in [2.05, 4.69) is 5.32 Å². The van der Waals surface area contributed by atoms with E-state index in [1.54, 1.807) is 18.2 Å². The molecule has 3 rings (SSSR count). The zero-order valence-electron chi connectivity index (χ0n) is 13.4. The van der Waals surface area contributed by atoms with E-state index in [-0.39, 0.29) is 23.3 Å². The highest BCUT2D eigenvalue weighted by molar-refractivity contribution is 7.85. The number of hydrogen-bond donors (Lipinski definition) is 2. The van der Waals surface area contributed by atoms with Crippen molar-refractivity contribution in [1.82, 2.24) is 0 Å². The van der Waals surface area contributed by atoms with Crippen LogP contribution in [0.4, 0.5) is 5.69 Å². The van der Waals surface area contributed by atoms with Crippen LogP contribution in [-0.2, 0) is 21.3 Å². The Morgan fingerprint density at radius 2 is 1.96 bits per heavy atom. The number of carbonyl (C=O) groups is 1. The molecule has 0 bridgehead atoms. The van der Waals surface area contributed by atoms with Crippen molar-refractivity contribution in [3.8, 4) is 5.75 Å². The minimum Gasteiger partial charge on any atom is -0.492 e. The van der Waals surface area contributed by atoms with E-state index in [0.29, 0.717) is 39.9 Å². The van der Waals surface area contributed by atoms with Crippen LogP contribution in [0.5, 0.6) is 5.75 Å². The number of anilines is 1. The molecule has 1 aliphatic heterocycles. The topological polar surface area (TPSA) is 92.7 Å². The number of amides is 1. The molecule has 1 heterocycles. The highest BCUT2D eigenvalue weighted by Gasteiger charge is 2.27. The Kier molecular flexibility index (Phi) is 5.43. The van der Waals surface area contributed by atoms with Gasteiger partial charge in [0.25, 0.3) is 10.1 Å². The Labute approximate surface area is 160 Å². The molecule has 6 nitrogen and oxygen atoms in total. The third-order valence-electron chi connectivity index (χ3n) is 4.09. The lowest BCUT2D eigenvalue weighted by Gasteiger charge is -2.25. The average Bonchev–Trinajstić information content (AvgIpc) is 2.56.